The van der Waals surface area contributed by atoms with Crippen molar-refractivity contribution in [2.24, 2.45) is 0 Å². The van der Waals surface area contributed by atoms with Gasteiger partial charge >= 0.3 is 0 Å². The first-order valence-electron chi connectivity index (χ1n) is 8.58. The number of aliphatic hydroxyl groups is 2. The summed E-state index contributed by atoms with van der Waals surface area (Å²) in [5.74, 6) is 0.611. The van der Waals surface area contributed by atoms with E-state index in [1.165, 1.54) is 6.33 Å². The summed E-state index contributed by atoms with van der Waals surface area (Å²) in [4.78, 5) is 25.3. The number of ether oxygens (including phenoxy) is 1. The minimum absolute atomic E-state index is 0.267. The van der Waals surface area contributed by atoms with Crippen LogP contribution in [-0.4, -0.2) is 54.5 Å². The molecule has 0 aliphatic carbocycles. The first-order valence-corrected chi connectivity index (χ1v) is 8.58. The van der Waals surface area contributed by atoms with Gasteiger partial charge < -0.3 is 20.3 Å². The molecule has 3 N–H and O–H groups in total. The molecule has 1 aliphatic heterocycles. The van der Waals surface area contributed by atoms with Gasteiger partial charge in [-0.3, -0.25) is 9.36 Å². The number of fused-ring (bicyclic) bond motifs is 1. The minimum Gasteiger partial charge on any atom is -0.394 e. The highest BCUT2D eigenvalue weighted by Gasteiger charge is 2.36. The van der Waals surface area contributed by atoms with Gasteiger partial charge in [-0.25, -0.2) is 15.0 Å². The SMILES string of the molecule is Cc1nc2c(NC(=O)c3ccccc3)ncnc2n1[C@H]1C[C@H](O)[C@@H](CO)O1. The molecule has 140 valence electrons. The molecule has 1 aliphatic rings. The molecule has 1 saturated heterocycles. The Bertz CT molecular complexity index is 975. The predicted octanol–water partition coefficient (Wildman–Crippen LogP) is 1.03. The van der Waals surface area contributed by atoms with Crippen LogP contribution in [0, 0.1) is 6.92 Å². The van der Waals surface area contributed by atoms with E-state index in [-0.39, 0.29) is 12.5 Å². The smallest absolute Gasteiger partial charge is 0.256 e. The Morgan fingerprint density at radius 2 is 2.11 bits per heavy atom. The molecule has 0 saturated carbocycles. The number of rotatable bonds is 4. The predicted molar refractivity (Wildman–Crippen MR) is 96.1 cm³/mol. The molecule has 3 atom stereocenters. The molecule has 0 bridgehead atoms. The van der Waals surface area contributed by atoms with Gasteiger partial charge in [-0.15, -0.1) is 0 Å². The third-order valence-electron chi connectivity index (χ3n) is 4.59. The number of hydrogen-bond acceptors (Lipinski definition) is 7. The van der Waals surface area contributed by atoms with Gasteiger partial charge in [0.2, 0.25) is 0 Å². The van der Waals surface area contributed by atoms with E-state index in [0.717, 1.165) is 0 Å². The van der Waals surface area contributed by atoms with Crippen molar-refractivity contribution in [3.05, 3.63) is 48.0 Å². The fraction of sp³-hybridized carbons (Fsp3) is 0.333. The summed E-state index contributed by atoms with van der Waals surface area (Å²) in [5.41, 5.74) is 1.43. The summed E-state index contributed by atoms with van der Waals surface area (Å²) in [7, 11) is 0. The summed E-state index contributed by atoms with van der Waals surface area (Å²) in [5, 5.41) is 22.1. The number of carbonyl (C=O) groups is 1. The second-order valence-corrected chi connectivity index (χ2v) is 6.36. The Morgan fingerprint density at radius 3 is 2.81 bits per heavy atom. The molecule has 1 aromatic carbocycles. The molecule has 3 aromatic rings. The normalized spacial score (nSPS) is 22.3. The van der Waals surface area contributed by atoms with Crippen molar-refractivity contribution >= 4 is 22.9 Å². The van der Waals surface area contributed by atoms with Gasteiger partial charge in [-0.05, 0) is 19.1 Å². The number of aromatic nitrogens is 4. The molecule has 27 heavy (non-hydrogen) atoms. The van der Waals surface area contributed by atoms with Crippen LogP contribution in [0.15, 0.2) is 36.7 Å². The van der Waals surface area contributed by atoms with Crippen molar-refractivity contribution in [3.63, 3.8) is 0 Å². The Labute approximate surface area is 154 Å². The second-order valence-electron chi connectivity index (χ2n) is 6.36. The summed E-state index contributed by atoms with van der Waals surface area (Å²) >= 11 is 0. The number of amides is 1. The van der Waals surface area contributed by atoms with Crippen molar-refractivity contribution in [1.82, 2.24) is 19.5 Å². The van der Waals surface area contributed by atoms with Crippen molar-refractivity contribution in [2.45, 2.75) is 31.8 Å². The molecular formula is C18H19N5O4. The maximum absolute atomic E-state index is 12.4. The molecule has 0 radical (unpaired) electrons. The van der Waals surface area contributed by atoms with Crippen LogP contribution in [0.25, 0.3) is 11.2 Å². The molecule has 1 fully saturated rings. The maximum atomic E-state index is 12.4. The van der Waals surface area contributed by atoms with Crippen LogP contribution in [0.4, 0.5) is 5.82 Å². The Balaban J connectivity index is 1.68. The Hall–Kier alpha value is -2.88. The van der Waals surface area contributed by atoms with Crippen molar-refractivity contribution < 1.29 is 19.7 Å². The largest absolute Gasteiger partial charge is 0.394 e. The number of aliphatic hydroxyl groups excluding tert-OH is 2. The number of imidazole rings is 1. The lowest BCUT2D eigenvalue weighted by Crippen LogP contribution is -2.24. The molecule has 0 spiro atoms. The number of benzene rings is 1. The number of nitrogens with zero attached hydrogens (tertiary/aromatic N) is 4. The highest BCUT2D eigenvalue weighted by atomic mass is 16.5. The van der Waals surface area contributed by atoms with Crippen molar-refractivity contribution in [3.8, 4) is 0 Å². The summed E-state index contributed by atoms with van der Waals surface area (Å²) in [6.45, 7) is 1.52. The lowest BCUT2D eigenvalue weighted by Gasteiger charge is -2.15. The van der Waals surface area contributed by atoms with E-state index in [4.69, 9.17) is 4.74 Å². The Kier molecular flexibility index (Phi) is 4.56. The zero-order valence-corrected chi connectivity index (χ0v) is 14.6. The van der Waals surface area contributed by atoms with Crippen LogP contribution < -0.4 is 5.32 Å². The average Bonchev–Trinajstić information content (AvgIpc) is 3.21. The van der Waals surface area contributed by atoms with Gasteiger partial charge in [0, 0.05) is 12.0 Å². The molecule has 3 heterocycles. The molecule has 2 aromatic heterocycles. The summed E-state index contributed by atoms with van der Waals surface area (Å²) in [6, 6.07) is 8.81. The number of carbonyl (C=O) groups excluding carboxylic acids is 1. The third kappa shape index (κ3) is 3.16. The quantitative estimate of drug-likeness (QED) is 0.628. The van der Waals surface area contributed by atoms with Crippen LogP contribution in [0.5, 0.6) is 0 Å². The zero-order valence-electron chi connectivity index (χ0n) is 14.6. The van der Waals surface area contributed by atoms with Crippen LogP contribution in [0.2, 0.25) is 0 Å². The number of nitrogens with one attached hydrogen (secondary N) is 1. The number of aryl methyl sites for hydroxylation is 1. The fourth-order valence-corrected chi connectivity index (χ4v) is 3.26. The maximum Gasteiger partial charge on any atom is 0.256 e. The van der Waals surface area contributed by atoms with Gasteiger partial charge in [-0.2, -0.15) is 0 Å². The summed E-state index contributed by atoms with van der Waals surface area (Å²) in [6.07, 6.45) is -0.264. The van der Waals surface area contributed by atoms with Crippen molar-refractivity contribution in [2.75, 3.05) is 11.9 Å². The molecule has 9 heteroatoms. The molecule has 9 nitrogen and oxygen atoms in total. The zero-order chi connectivity index (χ0) is 19.0. The number of hydrogen-bond donors (Lipinski definition) is 3. The van der Waals surface area contributed by atoms with Gasteiger partial charge in [0.05, 0.1) is 12.7 Å². The lowest BCUT2D eigenvalue weighted by molar-refractivity contribution is -0.0438. The minimum atomic E-state index is -0.768. The standard InChI is InChI=1S/C18H19N5O4/c1-10-21-15-16(22-18(26)11-5-3-2-4-6-11)19-9-20-17(15)23(10)14-7-12(25)13(8-24)27-14/h2-6,9,12-14,24-25H,7-8H2,1H3,(H,19,20,22,26)/t12-,13+,14+/m0/s1. The van der Waals surface area contributed by atoms with E-state index in [1.807, 2.05) is 6.07 Å². The summed E-state index contributed by atoms with van der Waals surface area (Å²) < 4.78 is 7.47. The van der Waals surface area contributed by atoms with Crippen LogP contribution in [0.3, 0.4) is 0 Å². The van der Waals surface area contributed by atoms with Gasteiger partial charge in [0.25, 0.3) is 5.91 Å². The topological polar surface area (TPSA) is 122 Å². The van der Waals surface area contributed by atoms with Crippen LogP contribution in [0.1, 0.15) is 28.8 Å². The van der Waals surface area contributed by atoms with Crippen LogP contribution >= 0.6 is 0 Å². The van der Waals surface area contributed by atoms with Gasteiger partial charge in [0.15, 0.2) is 17.0 Å². The van der Waals surface area contributed by atoms with E-state index in [9.17, 15) is 15.0 Å². The molecule has 0 unspecified atom stereocenters. The highest BCUT2D eigenvalue weighted by Crippen LogP contribution is 2.33. The Morgan fingerprint density at radius 1 is 1.33 bits per heavy atom. The fourth-order valence-electron chi connectivity index (χ4n) is 3.26. The van der Waals surface area contributed by atoms with E-state index < -0.39 is 18.4 Å². The van der Waals surface area contributed by atoms with Crippen LogP contribution in [-0.2, 0) is 4.74 Å². The molecular weight excluding hydrogens is 350 g/mol. The van der Waals surface area contributed by atoms with E-state index >= 15 is 0 Å². The monoisotopic (exact) mass is 369 g/mol. The van der Waals surface area contributed by atoms with E-state index in [2.05, 4.69) is 20.3 Å². The molecule has 1 amide bonds. The first-order chi connectivity index (χ1) is 13.1. The second kappa shape index (κ2) is 7.03. The lowest BCUT2D eigenvalue weighted by atomic mass is 10.2. The van der Waals surface area contributed by atoms with Gasteiger partial charge in [0.1, 0.15) is 24.5 Å². The highest BCUT2D eigenvalue weighted by molar-refractivity contribution is 6.06. The van der Waals surface area contributed by atoms with Gasteiger partial charge in [-0.1, -0.05) is 18.2 Å². The third-order valence-corrected chi connectivity index (χ3v) is 4.59. The first kappa shape index (κ1) is 17.5. The van der Waals surface area contributed by atoms with E-state index in [1.54, 1.807) is 35.8 Å². The van der Waals surface area contributed by atoms with E-state index in [0.29, 0.717) is 34.8 Å². The van der Waals surface area contributed by atoms with Crippen molar-refractivity contribution in [1.29, 1.82) is 0 Å². The average molecular weight is 369 g/mol. The molecule has 4 rings (SSSR count). The number of anilines is 1.